The third-order valence-electron chi connectivity index (χ3n) is 5.26. The molecule has 7 nitrogen and oxygen atoms in total. The maximum Gasteiger partial charge on any atom is 0.157 e. The third-order valence-corrected chi connectivity index (χ3v) is 5.26. The molecule has 3 N–H and O–H groups in total. The summed E-state index contributed by atoms with van der Waals surface area (Å²) in [5.41, 5.74) is 11.0. The van der Waals surface area contributed by atoms with Gasteiger partial charge in [-0.05, 0) is 64.2 Å². The van der Waals surface area contributed by atoms with E-state index < -0.39 is 0 Å². The number of hydrogen-bond acceptors (Lipinski definition) is 6. The molecule has 3 aromatic carbocycles. The fraction of sp³-hybridized carbons (Fsp3) is 0.0833. The number of aromatic nitrogens is 5. The van der Waals surface area contributed by atoms with E-state index in [0.717, 1.165) is 57.8 Å². The van der Waals surface area contributed by atoms with E-state index >= 15 is 0 Å². The van der Waals surface area contributed by atoms with Crippen molar-refractivity contribution < 1.29 is 0 Å². The van der Waals surface area contributed by atoms with E-state index in [1.165, 1.54) is 0 Å². The van der Waals surface area contributed by atoms with Gasteiger partial charge in [0.2, 0.25) is 0 Å². The molecule has 0 fully saturated rings. The van der Waals surface area contributed by atoms with Crippen LogP contribution in [0.2, 0.25) is 0 Å². The first-order chi connectivity index (χ1) is 15.3. The molecule has 31 heavy (non-hydrogen) atoms. The summed E-state index contributed by atoms with van der Waals surface area (Å²) in [6, 6.07) is 24.1. The summed E-state index contributed by atoms with van der Waals surface area (Å²) in [6.45, 7) is 0. The van der Waals surface area contributed by atoms with Crippen molar-refractivity contribution in [1.82, 2.24) is 25.2 Å². The Morgan fingerprint density at radius 3 is 2.58 bits per heavy atom. The van der Waals surface area contributed by atoms with Crippen molar-refractivity contribution in [2.45, 2.75) is 12.8 Å². The van der Waals surface area contributed by atoms with Gasteiger partial charge in [0.15, 0.2) is 5.82 Å². The van der Waals surface area contributed by atoms with Crippen LogP contribution >= 0.6 is 0 Å². The highest BCUT2D eigenvalue weighted by atomic mass is 15.5. The van der Waals surface area contributed by atoms with Gasteiger partial charge >= 0.3 is 0 Å². The van der Waals surface area contributed by atoms with Crippen LogP contribution in [0.15, 0.2) is 85.2 Å². The quantitative estimate of drug-likeness (QED) is 0.407. The largest absolute Gasteiger partial charge is 0.397 e. The van der Waals surface area contributed by atoms with Gasteiger partial charge in [0.1, 0.15) is 0 Å². The molecule has 0 aliphatic heterocycles. The average Bonchev–Trinajstić information content (AvgIpc) is 3.29. The Morgan fingerprint density at radius 2 is 1.74 bits per heavy atom. The first-order valence-electron chi connectivity index (χ1n) is 10.1. The lowest BCUT2D eigenvalue weighted by Crippen LogP contribution is -2.05. The van der Waals surface area contributed by atoms with E-state index in [4.69, 9.17) is 5.73 Å². The van der Waals surface area contributed by atoms with Gasteiger partial charge in [0.05, 0.1) is 17.1 Å². The lowest BCUT2D eigenvalue weighted by molar-refractivity contribution is 0.751. The monoisotopic (exact) mass is 407 g/mol. The summed E-state index contributed by atoms with van der Waals surface area (Å²) >= 11 is 0. The smallest absolute Gasteiger partial charge is 0.157 e. The number of nitrogens with two attached hydrogens (primary N) is 1. The van der Waals surface area contributed by atoms with Crippen LogP contribution in [0.5, 0.6) is 0 Å². The molecule has 0 bridgehead atoms. The molecule has 0 aliphatic carbocycles. The van der Waals surface area contributed by atoms with E-state index in [0.29, 0.717) is 0 Å². The summed E-state index contributed by atoms with van der Waals surface area (Å²) in [5.74, 6) is 0.809. The van der Waals surface area contributed by atoms with Crippen LogP contribution in [0.3, 0.4) is 0 Å². The number of rotatable bonds is 6. The van der Waals surface area contributed by atoms with Crippen molar-refractivity contribution in [1.29, 1.82) is 0 Å². The summed E-state index contributed by atoms with van der Waals surface area (Å²) in [4.78, 5) is 4.16. The minimum Gasteiger partial charge on any atom is -0.397 e. The highest BCUT2D eigenvalue weighted by Crippen LogP contribution is 2.31. The molecule has 0 atom stereocenters. The lowest BCUT2D eigenvalue weighted by atomic mass is 10.1. The van der Waals surface area contributed by atoms with Gasteiger partial charge in [-0.15, -0.1) is 5.10 Å². The molecule has 0 spiro atoms. The van der Waals surface area contributed by atoms with Crippen molar-refractivity contribution in [3.8, 4) is 5.69 Å². The Kier molecular flexibility index (Phi) is 4.98. The van der Waals surface area contributed by atoms with Crippen molar-refractivity contribution in [3.05, 3.63) is 96.6 Å². The fourth-order valence-electron chi connectivity index (χ4n) is 3.61. The molecule has 5 aromatic rings. The number of anilines is 3. The predicted molar refractivity (Wildman–Crippen MR) is 122 cm³/mol. The number of pyridine rings is 1. The minimum atomic E-state index is 0.728. The summed E-state index contributed by atoms with van der Waals surface area (Å²) in [7, 11) is 0. The van der Waals surface area contributed by atoms with Crippen LogP contribution < -0.4 is 11.1 Å². The standard InChI is InChI=1S/C24H21N7/c25-24-21-6-2-1-5-18(21)8-13-22(24)27-19-9-11-20(12-10-19)31-23(28-29-30-31)14-7-17-4-3-15-26-16-17/h1-6,8-13,15-16,27H,7,14,25H2. The maximum atomic E-state index is 6.38. The predicted octanol–water partition coefficient (Wildman–Crippen LogP) is 4.32. The molecule has 152 valence electrons. The lowest BCUT2D eigenvalue weighted by Gasteiger charge is -2.12. The van der Waals surface area contributed by atoms with Gasteiger partial charge in [0, 0.05) is 29.9 Å². The van der Waals surface area contributed by atoms with Crippen molar-refractivity contribution in [2.75, 3.05) is 11.1 Å². The van der Waals surface area contributed by atoms with Crippen LogP contribution in [0.4, 0.5) is 17.1 Å². The number of aryl methyl sites for hydroxylation is 2. The van der Waals surface area contributed by atoms with E-state index in [-0.39, 0.29) is 0 Å². The Labute approximate surface area is 179 Å². The maximum absolute atomic E-state index is 6.38. The zero-order chi connectivity index (χ0) is 21.0. The van der Waals surface area contributed by atoms with Gasteiger partial charge < -0.3 is 11.1 Å². The Bertz CT molecular complexity index is 1310. The second-order valence-electron chi connectivity index (χ2n) is 7.29. The first-order valence-corrected chi connectivity index (χ1v) is 10.1. The summed E-state index contributed by atoms with van der Waals surface area (Å²) < 4.78 is 1.77. The van der Waals surface area contributed by atoms with Crippen molar-refractivity contribution >= 4 is 27.8 Å². The molecular formula is C24H21N7. The molecule has 0 aliphatic rings. The molecule has 0 amide bonds. The summed E-state index contributed by atoms with van der Waals surface area (Å²) in [5, 5.41) is 17.8. The van der Waals surface area contributed by atoms with Crippen LogP contribution in [-0.4, -0.2) is 25.2 Å². The Morgan fingerprint density at radius 1 is 0.871 bits per heavy atom. The van der Waals surface area contributed by atoms with Crippen LogP contribution in [0, 0.1) is 0 Å². The van der Waals surface area contributed by atoms with E-state index in [1.807, 2.05) is 60.8 Å². The molecule has 2 heterocycles. The fourth-order valence-corrected chi connectivity index (χ4v) is 3.61. The number of tetrazole rings is 1. The number of nitrogens with zero attached hydrogens (tertiary/aromatic N) is 5. The summed E-state index contributed by atoms with van der Waals surface area (Å²) in [6.07, 6.45) is 5.20. The van der Waals surface area contributed by atoms with Gasteiger partial charge in [-0.1, -0.05) is 36.4 Å². The molecule has 0 saturated carbocycles. The van der Waals surface area contributed by atoms with Crippen LogP contribution in [-0.2, 0) is 12.8 Å². The van der Waals surface area contributed by atoms with Gasteiger partial charge in [0.25, 0.3) is 0 Å². The van der Waals surface area contributed by atoms with Crippen LogP contribution in [0.1, 0.15) is 11.4 Å². The Balaban J connectivity index is 1.33. The van der Waals surface area contributed by atoms with Crippen LogP contribution in [0.25, 0.3) is 16.5 Å². The molecule has 5 rings (SSSR count). The SMILES string of the molecule is Nc1c(Nc2ccc(-n3nnnc3CCc3cccnc3)cc2)ccc2ccccc12. The topological polar surface area (TPSA) is 94.5 Å². The molecule has 0 saturated heterocycles. The molecular weight excluding hydrogens is 386 g/mol. The second-order valence-corrected chi connectivity index (χ2v) is 7.29. The highest BCUT2D eigenvalue weighted by Gasteiger charge is 2.10. The Hall–Kier alpha value is -4.26. The normalized spacial score (nSPS) is 11.0. The van der Waals surface area contributed by atoms with Gasteiger partial charge in [-0.3, -0.25) is 4.98 Å². The third kappa shape index (κ3) is 3.93. The van der Waals surface area contributed by atoms with Gasteiger partial charge in [-0.25, -0.2) is 0 Å². The second kappa shape index (κ2) is 8.23. The number of benzene rings is 3. The first kappa shape index (κ1) is 18.7. The molecule has 0 unspecified atom stereocenters. The number of nitrogens with one attached hydrogen (secondary N) is 1. The number of fused-ring (bicyclic) bond motifs is 1. The van der Waals surface area contributed by atoms with E-state index in [2.05, 4.69) is 44.0 Å². The van der Waals surface area contributed by atoms with E-state index in [1.54, 1.807) is 10.9 Å². The molecule has 0 radical (unpaired) electrons. The molecule has 2 aromatic heterocycles. The number of nitrogen functional groups attached to an aromatic ring is 1. The van der Waals surface area contributed by atoms with Gasteiger partial charge in [-0.2, -0.15) is 4.68 Å². The highest BCUT2D eigenvalue weighted by molar-refractivity contribution is 5.99. The zero-order valence-electron chi connectivity index (χ0n) is 16.8. The molecule has 7 heteroatoms. The number of hydrogen-bond donors (Lipinski definition) is 2. The minimum absolute atomic E-state index is 0.728. The van der Waals surface area contributed by atoms with Crippen molar-refractivity contribution in [3.63, 3.8) is 0 Å². The average molecular weight is 407 g/mol. The van der Waals surface area contributed by atoms with Crippen molar-refractivity contribution in [2.24, 2.45) is 0 Å². The van der Waals surface area contributed by atoms with E-state index in [9.17, 15) is 0 Å². The zero-order valence-corrected chi connectivity index (χ0v) is 16.8.